The minimum atomic E-state index is -0.491. The van der Waals surface area contributed by atoms with Crippen LogP contribution >= 0.6 is 11.6 Å². The molecule has 0 radical (unpaired) electrons. The standard InChI is InChI=1S/C31H32ClN3O3/c1-20(24-6-4-3-5-7-24)26-17-23(16-21-12-14-38-15-13-21)18-27-29(26)35(2)34-28(30(27)36)31(37)33-19-22-8-10-25(32)11-9-22/h3-11,17-18,20-21H,12-16,19H2,1-2H3,(H,33,37). The van der Waals surface area contributed by atoms with Gasteiger partial charge in [0.05, 0.1) is 10.9 Å². The van der Waals surface area contributed by atoms with E-state index in [1.165, 1.54) is 0 Å². The van der Waals surface area contributed by atoms with Gasteiger partial charge in [-0.2, -0.15) is 5.10 Å². The summed E-state index contributed by atoms with van der Waals surface area (Å²) in [5.41, 5.74) is 4.51. The molecule has 0 saturated carbocycles. The first kappa shape index (κ1) is 26.1. The second kappa shape index (κ2) is 11.5. The summed E-state index contributed by atoms with van der Waals surface area (Å²) in [7, 11) is 1.80. The molecule has 1 aromatic heterocycles. The first-order chi connectivity index (χ1) is 18.4. The second-order valence-electron chi connectivity index (χ2n) is 10.1. The van der Waals surface area contributed by atoms with Crippen LogP contribution in [0.15, 0.2) is 71.5 Å². The van der Waals surface area contributed by atoms with E-state index in [0.29, 0.717) is 16.3 Å². The fraction of sp³-hybridized carbons (Fsp3) is 0.323. The van der Waals surface area contributed by atoms with Gasteiger partial charge in [-0.15, -0.1) is 0 Å². The molecule has 7 heteroatoms. The van der Waals surface area contributed by atoms with Gasteiger partial charge in [0.2, 0.25) is 5.43 Å². The average molecular weight is 530 g/mol. The molecule has 38 heavy (non-hydrogen) atoms. The minimum Gasteiger partial charge on any atom is -0.381 e. The zero-order chi connectivity index (χ0) is 26.6. The van der Waals surface area contributed by atoms with Crippen LogP contribution in [0.1, 0.15) is 58.4 Å². The molecule has 1 aliphatic heterocycles. The number of carbonyl (C=O) groups excluding carboxylic acids is 1. The molecule has 0 aliphatic carbocycles. The number of fused-ring (bicyclic) bond motifs is 1. The van der Waals surface area contributed by atoms with Crippen LogP contribution in [-0.2, 0) is 24.8 Å². The maximum Gasteiger partial charge on any atom is 0.276 e. The Morgan fingerprint density at radius 2 is 1.79 bits per heavy atom. The lowest BCUT2D eigenvalue weighted by Crippen LogP contribution is -2.32. The first-order valence-corrected chi connectivity index (χ1v) is 13.5. The van der Waals surface area contributed by atoms with Gasteiger partial charge in [0.25, 0.3) is 5.91 Å². The molecule has 1 unspecified atom stereocenters. The summed E-state index contributed by atoms with van der Waals surface area (Å²) < 4.78 is 7.23. The number of ether oxygens (including phenoxy) is 1. The molecule has 0 spiro atoms. The molecule has 6 nitrogen and oxygen atoms in total. The maximum absolute atomic E-state index is 13.8. The predicted octanol–water partition coefficient (Wildman–Crippen LogP) is 5.64. The quantitative estimate of drug-likeness (QED) is 0.336. The lowest BCUT2D eigenvalue weighted by molar-refractivity contribution is 0.0665. The number of nitrogens with zero attached hydrogens (tertiary/aromatic N) is 2. The fourth-order valence-electron chi connectivity index (χ4n) is 5.30. The summed E-state index contributed by atoms with van der Waals surface area (Å²) in [5.74, 6) is 0.0641. The fourth-order valence-corrected chi connectivity index (χ4v) is 5.42. The molecular formula is C31H32ClN3O3. The number of nitrogens with one attached hydrogen (secondary N) is 1. The Morgan fingerprint density at radius 1 is 1.08 bits per heavy atom. The van der Waals surface area contributed by atoms with Gasteiger partial charge in [0.15, 0.2) is 5.69 Å². The summed E-state index contributed by atoms with van der Waals surface area (Å²) in [6.45, 7) is 3.97. The summed E-state index contributed by atoms with van der Waals surface area (Å²) in [6, 6.07) is 21.7. The Bertz CT molecular complexity index is 1490. The molecule has 1 amide bonds. The van der Waals surface area contributed by atoms with Crippen LogP contribution in [0.4, 0.5) is 0 Å². The van der Waals surface area contributed by atoms with Gasteiger partial charge in [-0.05, 0) is 65.6 Å². The van der Waals surface area contributed by atoms with Crippen molar-refractivity contribution in [3.05, 3.63) is 110 Å². The van der Waals surface area contributed by atoms with Gasteiger partial charge in [0, 0.05) is 37.7 Å². The molecule has 196 valence electrons. The number of amides is 1. The average Bonchev–Trinajstić information content (AvgIpc) is 2.94. The van der Waals surface area contributed by atoms with Crippen molar-refractivity contribution in [2.45, 2.75) is 38.6 Å². The van der Waals surface area contributed by atoms with Crippen LogP contribution in [0, 0.1) is 5.92 Å². The zero-order valence-electron chi connectivity index (χ0n) is 21.7. The highest BCUT2D eigenvalue weighted by Crippen LogP contribution is 2.32. The van der Waals surface area contributed by atoms with Crippen LogP contribution in [0.25, 0.3) is 10.9 Å². The number of halogens is 1. The number of hydrogen-bond donors (Lipinski definition) is 1. The minimum absolute atomic E-state index is 0.0466. The van der Waals surface area contributed by atoms with E-state index in [-0.39, 0.29) is 23.6 Å². The number of benzene rings is 3. The molecule has 5 rings (SSSR count). The summed E-state index contributed by atoms with van der Waals surface area (Å²) in [6.07, 6.45) is 2.89. The maximum atomic E-state index is 13.8. The molecule has 1 aliphatic rings. The molecule has 1 atom stereocenters. The highest BCUT2D eigenvalue weighted by atomic mass is 35.5. The third-order valence-corrected chi connectivity index (χ3v) is 7.70. The summed E-state index contributed by atoms with van der Waals surface area (Å²) in [4.78, 5) is 26.9. The molecule has 4 aromatic rings. The molecule has 1 fully saturated rings. The van der Waals surface area contributed by atoms with Crippen LogP contribution in [0.5, 0.6) is 0 Å². The molecule has 3 aromatic carbocycles. The first-order valence-electron chi connectivity index (χ1n) is 13.1. The topological polar surface area (TPSA) is 73.2 Å². The Balaban J connectivity index is 1.56. The zero-order valence-corrected chi connectivity index (χ0v) is 22.5. The van der Waals surface area contributed by atoms with Crippen molar-refractivity contribution in [2.75, 3.05) is 13.2 Å². The highest BCUT2D eigenvalue weighted by molar-refractivity contribution is 6.30. The summed E-state index contributed by atoms with van der Waals surface area (Å²) >= 11 is 5.96. The molecular weight excluding hydrogens is 498 g/mol. The van der Waals surface area contributed by atoms with Gasteiger partial charge >= 0.3 is 0 Å². The predicted molar refractivity (Wildman–Crippen MR) is 151 cm³/mol. The second-order valence-corrected chi connectivity index (χ2v) is 10.5. The Hall–Kier alpha value is -3.48. The van der Waals surface area contributed by atoms with E-state index < -0.39 is 5.91 Å². The van der Waals surface area contributed by atoms with Gasteiger partial charge in [-0.1, -0.05) is 67.1 Å². The largest absolute Gasteiger partial charge is 0.381 e. The van der Waals surface area contributed by atoms with Gasteiger partial charge in [-0.3, -0.25) is 14.3 Å². The van der Waals surface area contributed by atoms with E-state index in [9.17, 15) is 9.59 Å². The lowest BCUT2D eigenvalue weighted by atomic mass is 9.86. The smallest absolute Gasteiger partial charge is 0.276 e. The molecule has 0 bridgehead atoms. The van der Waals surface area contributed by atoms with E-state index >= 15 is 0 Å². The number of hydrogen-bond acceptors (Lipinski definition) is 4. The van der Waals surface area contributed by atoms with Crippen molar-refractivity contribution in [1.29, 1.82) is 0 Å². The number of aryl methyl sites for hydroxylation is 1. The van der Waals surface area contributed by atoms with Crippen molar-refractivity contribution in [2.24, 2.45) is 13.0 Å². The molecule has 2 heterocycles. The van der Waals surface area contributed by atoms with Crippen LogP contribution in [-0.4, -0.2) is 28.9 Å². The van der Waals surface area contributed by atoms with Crippen molar-refractivity contribution in [3.63, 3.8) is 0 Å². The SMILES string of the molecule is CC(c1ccccc1)c1cc(CC2CCOCC2)cc2c(=O)c(C(=O)NCc3ccc(Cl)cc3)nn(C)c12. The van der Waals surface area contributed by atoms with E-state index in [2.05, 4.69) is 35.5 Å². The number of rotatable bonds is 7. The number of carbonyl (C=O) groups is 1. The van der Waals surface area contributed by atoms with Gasteiger partial charge in [-0.25, -0.2) is 0 Å². The van der Waals surface area contributed by atoms with Gasteiger partial charge in [0.1, 0.15) is 0 Å². The van der Waals surface area contributed by atoms with Gasteiger partial charge < -0.3 is 10.1 Å². The Labute approximate surface area is 227 Å². The normalized spacial score (nSPS) is 14.9. The Kier molecular flexibility index (Phi) is 7.91. The van der Waals surface area contributed by atoms with Crippen molar-refractivity contribution < 1.29 is 9.53 Å². The summed E-state index contributed by atoms with van der Waals surface area (Å²) in [5, 5.41) is 8.46. The molecule has 1 N–H and O–H groups in total. The van der Waals surface area contributed by atoms with E-state index in [0.717, 1.165) is 60.2 Å². The number of aromatic nitrogens is 2. The van der Waals surface area contributed by atoms with Crippen molar-refractivity contribution in [3.8, 4) is 0 Å². The monoisotopic (exact) mass is 529 g/mol. The van der Waals surface area contributed by atoms with Crippen molar-refractivity contribution in [1.82, 2.24) is 15.1 Å². The lowest BCUT2D eigenvalue weighted by Gasteiger charge is -2.24. The highest BCUT2D eigenvalue weighted by Gasteiger charge is 2.23. The van der Waals surface area contributed by atoms with E-state index in [4.69, 9.17) is 16.3 Å². The third-order valence-electron chi connectivity index (χ3n) is 7.45. The van der Waals surface area contributed by atoms with Crippen LogP contribution < -0.4 is 10.7 Å². The molecule has 1 saturated heterocycles. The van der Waals surface area contributed by atoms with E-state index in [1.807, 2.05) is 36.4 Å². The van der Waals surface area contributed by atoms with E-state index in [1.54, 1.807) is 23.9 Å². The third kappa shape index (κ3) is 5.66. The van der Waals surface area contributed by atoms with Crippen molar-refractivity contribution >= 4 is 28.4 Å². The van der Waals surface area contributed by atoms with Crippen LogP contribution in [0.3, 0.4) is 0 Å². The van der Waals surface area contributed by atoms with Crippen LogP contribution in [0.2, 0.25) is 5.02 Å². The Morgan fingerprint density at radius 3 is 2.50 bits per heavy atom.